The van der Waals surface area contributed by atoms with Crippen LogP contribution in [0.4, 0.5) is 5.69 Å². The molecule has 1 aliphatic rings. The maximum atomic E-state index is 12.3. The van der Waals surface area contributed by atoms with E-state index in [9.17, 15) is 9.90 Å². The van der Waals surface area contributed by atoms with E-state index in [1.54, 1.807) is 18.3 Å². The summed E-state index contributed by atoms with van der Waals surface area (Å²) >= 11 is 0. The minimum Gasteiger partial charge on any atom is -0.399 e. The molecule has 21 heavy (non-hydrogen) atoms. The number of aromatic nitrogens is 1. The van der Waals surface area contributed by atoms with Crippen molar-refractivity contribution in [3.05, 3.63) is 30.0 Å². The van der Waals surface area contributed by atoms with Gasteiger partial charge in [-0.2, -0.15) is 0 Å². The highest BCUT2D eigenvalue weighted by Crippen LogP contribution is 2.25. The Kier molecular flexibility index (Phi) is 3.35. The second-order valence-corrected chi connectivity index (χ2v) is 5.56. The molecule has 1 aromatic carbocycles. The molecule has 2 aromatic rings. The van der Waals surface area contributed by atoms with Crippen molar-refractivity contribution < 1.29 is 14.6 Å². The van der Waals surface area contributed by atoms with Crippen LogP contribution in [0.1, 0.15) is 23.7 Å². The first-order chi connectivity index (χ1) is 9.99. The Bertz CT molecular complexity index is 682. The molecule has 1 amide bonds. The van der Waals surface area contributed by atoms with Gasteiger partial charge in [-0.25, -0.2) is 0 Å². The number of carbonyl (C=O) groups is 1. The summed E-state index contributed by atoms with van der Waals surface area (Å²) in [6, 6.07) is 5.37. The largest absolute Gasteiger partial charge is 0.399 e. The number of anilines is 1. The third-order valence-electron chi connectivity index (χ3n) is 4.17. The zero-order chi connectivity index (χ0) is 15.0. The van der Waals surface area contributed by atoms with Gasteiger partial charge in [0.05, 0.1) is 11.7 Å². The number of rotatable bonds is 3. The maximum absolute atomic E-state index is 12.3. The quantitative estimate of drug-likeness (QED) is 0.634. The molecule has 0 saturated carbocycles. The molecule has 0 aliphatic carbocycles. The summed E-state index contributed by atoms with van der Waals surface area (Å²) < 4.78 is 5.35. The highest BCUT2D eigenvalue weighted by molar-refractivity contribution is 6.07. The van der Waals surface area contributed by atoms with Gasteiger partial charge in [-0.05, 0) is 25.1 Å². The van der Waals surface area contributed by atoms with Crippen LogP contribution in [0.3, 0.4) is 0 Å². The molecule has 1 aliphatic heterocycles. The number of aromatic amines is 1. The Morgan fingerprint density at radius 2 is 2.43 bits per heavy atom. The van der Waals surface area contributed by atoms with Crippen LogP contribution in [0, 0.1) is 0 Å². The Labute approximate surface area is 122 Å². The molecular weight excluding hydrogens is 270 g/mol. The van der Waals surface area contributed by atoms with Crippen LogP contribution in [0.2, 0.25) is 0 Å². The van der Waals surface area contributed by atoms with Gasteiger partial charge >= 0.3 is 0 Å². The fraction of sp³-hybridized carbons (Fsp3) is 0.400. The van der Waals surface area contributed by atoms with Crippen molar-refractivity contribution in [2.24, 2.45) is 0 Å². The number of carbonyl (C=O) groups excluding carboxylic acids is 1. The predicted molar refractivity (Wildman–Crippen MR) is 80.0 cm³/mol. The molecule has 6 heteroatoms. The Hall–Kier alpha value is -2.05. The summed E-state index contributed by atoms with van der Waals surface area (Å²) in [4.78, 5) is 15.4. The average Bonchev–Trinajstić information content (AvgIpc) is 3.01. The maximum Gasteiger partial charge on any atom is 0.253 e. The van der Waals surface area contributed by atoms with E-state index in [4.69, 9.17) is 10.5 Å². The summed E-state index contributed by atoms with van der Waals surface area (Å²) in [5, 5.41) is 13.9. The van der Waals surface area contributed by atoms with E-state index in [2.05, 4.69) is 10.3 Å². The number of ether oxygens (including phenoxy) is 1. The number of nitrogens with two attached hydrogens (primary N) is 1. The molecule has 3 rings (SSSR count). The Morgan fingerprint density at radius 3 is 3.14 bits per heavy atom. The molecular formula is C15H19N3O3. The summed E-state index contributed by atoms with van der Waals surface area (Å²) in [6.45, 7) is 2.49. The molecule has 0 radical (unpaired) electrons. The number of hydrogen-bond donors (Lipinski definition) is 4. The number of aliphatic hydroxyl groups is 1. The fourth-order valence-corrected chi connectivity index (χ4v) is 2.66. The van der Waals surface area contributed by atoms with Crippen molar-refractivity contribution in [2.45, 2.75) is 25.0 Å². The number of nitrogen functional groups attached to an aromatic ring is 1. The third kappa shape index (κ3) is 2.48. The highest BCUT2D eigenvalue weighted by Gasteiger charge is 2.39. The summed E-state index contributed by atoms with van der Waals surface area (Å²) in [7, 11) is 0. The lowest BCUT2D eigenvalue weighted by Crippen LogP contribution is -2.47. The van der Waals surface area contributed by atoms with E-state index in [0.717, 1.165) is 10.9 Å². The topological polar surface area (TPSA) is 100 Å². The normalized spacial score (nSPS) is 25.3. The Balaban J connectivity index is 1.77. The van der Waals surface area contributed by atoms with Crippen molar-refractivity contribution in [3.8, 4) is 0 Å². The lowest BCUT2D eigenvalue weighted by atomic mass is 9.96. The van der Waals surface area contributed by atoms with E-state index in [1.807, 2.05) is 13.0 Å². The first kappa shape index (κ1) is 13.9. The smallest absolute Gasteiger partial charge is 0.253 e. The van der Waals surface area contributed by atoms with Gasteiger partial charge in [0.15, 0.2) is 0 Å². The molecule has 5 N–H and O–H groups in total. The van der Waals surface area contributed by atoms with Gasteiger partial charge in [0, 0.05) is 42.4 Å². The van der Waals surface area contributed by atoms with E-state index in [0.29, 0.717) is 24.3 Å². The van der Waals surface area contributed by atoms with Gasteiger partial charge in [-0.3, -0.25) is 4.79 Å². The van der Waals surface area contributed by atoms with Crippen molar-refractivity contribution in [1.29, 1.82) is 0 Å². The van der Waals surface area contributed by atoms with Gasteiger partial charge in [0.2, 0.25) is 0 Å². The zero-order valence-corrected chi connectivity index (χ0v) is 11.8. The van der Waals surface area contributed by atoms with Crippen molar-refractivity contribution in [2.75, 3.05) is 18.9 Å². The first-order valence-corrected chi connectivity index (χ1v) is 6.98. The lowest BCUT2D eigenvalue weighted by Gasteiger charge is -2.26. The number of amides is 1. The van der Waals surface area contributed by atoms with Crippen LogP contribution in [0.5, 0.6) is 0 Å². The number of benzene rings is 1. The molecule has 6 nitrogen and oxygen atoms in total. The minimum absolute atomic E-state index is 0.169. The second-order valence-electron chi connectivity index (χ2n) is 5.56. The molecule has 2 heterocycles. The number of H-pyrrole nitrogens is 1. The monoisotopic (exact) mass is 289 g/mol. The first-order valence-electron chi connectivity index (χ1n) is 6.98. The molecule has 1 aromatic heterocycles. The molecule has 1 saturated heterocycles. The van der Waals surface area contributed by atoms with E-state index in [1.165, 1.54) is 0 Å². The van der Waals surface area contributed by atoms with Gasteiger partial charge in [-0.1, -0.05) is 0 Å². The summed E-state index contributed by atoms with van der Waals surface area (Å²) in [5.74, 6) is -0.237. The number of hydrogen-bond acceptors (Lipinski definition) is 4. The van der Waals surface area contributed by atoms with Gasteiger partial charge < -0.3 is 25.9 Å². The van der Waals surface area contributed by atoms with Crippen LogP contribution in [0.15, 0.2) is 24.4 Å². The van der Waals surface area contributed by atoms with Crippen LogP contribution >= 0.6 is 0 Å². The van der Waals surface area contributed by atoms with E-state index >= 15 is 0 Å². The van der Waals surface area contributed by atoms with Crippen LogP contribution < -0.4 is 11.1 Å². The molecule has 2 unspecified atom stereocenters. The van der Waals surface area contributed by atoms with Crippen molar-refractivity contribution in [3.63, 3.8) is 0 Å². The molecule has 1 fully saturated rings. The van der Waals surface area contributed by atoms with Crippen LogP contribution in [-0.4, -0.2) is 40.9 Å². The molecule has 0 spiro atoms. The third-order valence-corrected chi connectivity index (χ3v) is 4.17. The van der Waals surface area contributed by atoms with Crippen molar-refractivity contribution >= 4 is 22.5 Å². The zero-order valence-electron chi connectivity index (χ0n) is 11.8. The van der Waals surface area contributed by atoms with Gasteiger partial charge in [0.25, 0.3) is 5.91 Å². The highest BCUT2D eigenvalue weighted by atomic mass is 16.5. The average molecular weight is 289 g/mol. The van der Waals surface area contributed by atoms with Gasteiger partial charge in [-0.15, -0.1) is 0 Å². The molecule has 0 bridgehead atoms. The summed E-state index contributed by atoms with van der Waals surface area (Å²) in [6.07, 6.45) is 1.89. The van der Waals surface area contributed by atoms with E-state index in [-0.39, 0.29) is 18.6 Å². The second kappa shape index (κ2) is 5.05. The van der Waals surface area contributed by atoms with Gasteiger partial charge in [0.1, 0.15) is 5.60 Å². The molecule has 2 atom stereocenters. The SMILES string of the molecule is CC1OCCC1(O)CNC(=O)c1c[nH]c2ccc(N)cc12. The summed E-state index contributed by atoms with van der Waals surface area (Å²) in [5.41, 5.74) is 6.74. The van der Waals surface area contributed by atoms with Crippen LogP contribution in [0.25, 0.3) is 10.9 Å². The number of fused-ring (bicyclic) bond motifs is 1. The fourth-order valence-electron chi connectivity index (χ4n) is 2.66. The number of nitrogens with one attached hydrogen (secondary N) is 2. The lowest BCUT2D eigenvalue weighted by molar-refractivity contribution is -0.0251. The minimum atomic E-state index is -0.999. The Morgan fingerprint density at radius 1 is 1.62 bits per heavy atom. The van der Waals surface area contributed by atoms with Crippen molar-refractivity contribution in [1.82, 2.24) is 10.3 Å². The standard InChI is InChI=1S/C15H19N3O3/c1-9-15(20,4-5-21-9)8-18-14(19)12-7-17-13-3-2-10(16)6-11(12)13/h2-3,6-7,9,17,20H,4-5,8,16H2,1H3,(H,18,19). The van der Waals surface area contributed by atoms with Crippen LogP contribution in [-0.2, 0) is 4.74 Å². The van der Waals surface area contributed by atoms with E-state index < -0.39 is 5.60 Å². The molecule has 112 valence electrons. The predicted octanol–water partition coefficient (Wildman–Crippen LogP) is 1.02.